The van der Waals surface area contributed by atoms with Crippen molar-refractivity contribution in [3.05, 3.63) is 119 Å². The summed E-state index contributed by atoms with van der Waals surface area (Å²) < 4.78 is 7.42. The van der Waals surface area contributed by atoms with Crippen molar-refractivity contribution in [2.75, 3.05) is 5.32 Å². The Balaban J connectivity index is 1.37. The molecule has 0 radical (unpaired) electrons. The minimum Gasteiger partial charge on any atom is -0.457 e. The normalized spacial score (nSPS) is 11.9. The van der Waals surface area contributed by atoms with Gasteiger partial charge in [0.1, 0.15) is 11.5 Å². The van der Waals surface area contributed by atoms with E-state index in [1.54, 1.807) is 29.7 Å². The number of rotatable bonds is 8. The van der Waals surface area contributed by atoms with Crippen LogP contribution in [-0.2, 0) is 4.79 Å². The van der Waals surface area contributed by atoms with Gasteiger partial charge in [0, 0.05) is 5.69 Å². The zero-order chi connectivity index (χ0) is 27.4. The number of carbonyl (C=O) groups is 1. The minimum absolute atomic E-state index is 0.165. The molecule has 1 aromatic heterocycles. The van der Waals surface area contributed by atoms with Gasteiger partial charge in [-0.25, -0.2) is 4.98 Å². The van der Waals surface area contributed by atoms with Crippen LogP contribution in [0.3, 0.4) is 0 Å². The van der Waals surface area contributed by atoms with Crippen LogP contribution in [0.1, 0.15) is 32.3 Å². The Morgan fingerprint density at radius 3 is 2.15 bits per heavy atom. The molecule has 0 saturated heterocycles. The molecule has 4 aromatic carbocycles. The summed E-state index contributed by atoms with van der Waals surface area (Å²) in [5.41, 5.74) is 2.99. The molecule has 1 heterocycles. The highest BCUT2D eigenvalue weighted by atomic mass is 32.2. The highest BCUT2D eigenvalue weighted by molar-refractivity contribution is 8.00. The molecule has 1 amide bonds. The van der Waals surface area contributed by atoms with Gasteiger partial charge in [-0.05, 0) is 79.1 Å². The number of fused-ring (bicyclic) bond motifs is 1. The lowest BCUT2D eigenvalue weighted by molar-refractivity contribution is -0.115. The second-order valence-electron chi connectivity index (χ2n) is 9.49. The third kappa shape index (κ3) is 6.04. The average molecular weight is 536 g/mol. The lowest BCUT2D eigenvalue weighted by atomic mass is 10.0. The molecule has 0 aliphatic carbocycles. The first kappa shape index (κ1) is 26.3. The molecule has 1 N–H and O–H groups in total. The van der Waals surface area contributed by atoms with Gasteiger partial charge in [-0.2, -0.15) is 0 Å². The van der Waals surface area contributed by atoms with E-state index in [1.165, 1.54) is 17.3 Å². The van der Waals surface area contributed by atoms with E-state index in [-0.39, 0.29) is 11.5 Å². The van der Waals surface area contributed by atoms with Crippen LogP contribution in [-0.4, -0.2) is 20.7 Å². The van der Waals surface area contributed by atoms with Crippen molar-refractivity contribution in [1.29, 1.82) is 0 Å². The monoisotopic (exact) mass is 535 g/mol. The number of benzene rings is 4. The fourth-order valence-corrected chi connectivity index (χ4v) is 5.04. The van der Waals surface area contributed by atoms with E-state index in [0.717, 1.165) is 5.75 Å². The van der Waals surface area contributed by atoms with Gasteiger partial charge in [-0.1, -0.05) is 68.1 Å². The van der Waals surface area contributed by atoms with Crippen LogP contribution in [0, 0.1) is 0 Å². The average Bonchev–Trinajstić information content (AvgIpc) is 2.95. The minimum atomic E-state index is -0.514. The first-order chi connectivity index (χ1) is 18.9. The van der Waals surface area contributed by atoms with Crippen molar-refractivity contribution in [1.82, 2.24) is 9.55 Å². The maximum absolute atomic E-state index is 13.6. The lowest BCUT2D eigenvalue weighted by Crippen LogP contribution is -2.26. The molecule has 6 nitrogen and oxygen atoms in total. The highest BCUT2D eigenvalue weighted by Gasteiger charge is 2.21. The lowest BCUT2D eigenvalue weighted by Gasteiger charge is -2.17. The Morgan fingerprint density at radius 1 is 0.821 bits per heavy atom. The number of hydrogen-bond donors (Lipinski definition) is 1. The largest absolute Gasteiger partial charge is 0.457 e. The molecule has 39 heavy (non-hydrogen) atoms. The second-order valence-corrected chi connectivity index (χ2v) is 10.8. The Bertz CT molecular complexity index is 1650. The molecule has 5 rings (SSSR count). The number of carbonyl (C=O) groups excluding carboxylic acids is 1. The van der Waals surface area contributed by atoms with Crippen molar-refractivity contribution in [3.63, 3.8) is 0 Å². The fraction of sp³-hybridized carbons (Fsp3) is 0.156. The summed E-state index contributed by atoms with van der Waals surface area (Å²) in [6.07, 6.45) is 0. The maximum Gasteiger partial charge on any atom is 0.266 e. The van der Waals surface area contributed by atoms with Crippen molar-refractivity contribution >= 4 is 34.3 Å². The molecular weight excluding hydrogens is 506 g/mol. The van der Waals surface area contributed by atoms with Gasteiger partial charge in [-0.15, -0.1) is 0 Å². The predicted octanol–water partition coefficient (Wildman–Crippen LogP) is 7.42. The number of anilines is 1. The molecule has 0 bridgehead atoms. The van der Waals surface area contributed by atoms with Gasteiger partial charge in [0.15, 0.2) is 5.16 Å². The number of aromatic nitrogens is 2. The van der Waals surface area contributed by atoms with E-state index in [4.69, 9.17) is 9.72 Å². The zero-order valence-electron chi connectivity index (χ0n) is 22.0. The molecule has 5 aromatic rings. The summed E-state index contributed by atoms with van der Waals surface area (Å²) >= 11 is 1.25. The van der Waals surface area contributed by atoms with E-state index in [9.17, 15) is 9.59 Å². The molecule has 0 fully saturated rings. The molecule has 0 saturated carbocycles. The fourth-order valence-electron chi connectivity index (χ4n) is 4.11. The summed E-state index contributed by atoms with van der Waals surface area (Å²) in [4.78, 5) is 31.5. The van der Waals surface area contributed by atoms with Crippen LogP contribution in [0.15, 0.2) is 113 Å². The Hall–Kier alpha value is -4.36. The number of ether oxygens (including phenoxy) is 1. The van der Waals surface area contributed by atoms with Gasteiger partial charge in [0.25, 0.3) is 5.56 Å². The summed E-state index contributed by atoms with van der Waals surface area (Å²) in [5.74, 6) is 1.60. The first-order valence-corrected chi connectivity index (χ1v) is 13.7. The number of nitrogens with one attached hydrogen (secondary N) is 1. The highest BCUT2D eigenvalue weighted by Crippen LogP contribution is 2.28. The standard InChI is InChI=1S/C32H29N3O3S/c1-21(2)23-13-17-25(18-14-23)35-31(37)28-11-7-8-12-29(28)34-32(35)39-22(3)30(36)33-24-15-19-27(20-16-24)38-26-9-5-4-6-10-26/h4-22H,1-3H3,(H,33,36). The molecule has 196 valence electrons. The van der Waals surface area contributed by atoms with Crippen molar-refractivity contribution in [2.45, 2.75) is 37.1 Å². The Kier molecular flexibility index (Phi) is 7.79. The van der Waals surface area contributed by atoms with E-state index in [0.29, 0.717) is 39.1 Å². The van der Waals surface area contributed by atoms with Gasteiger partial charge in [0.05, 0.1) is 21.8 Å². The van der Waals surface area contributed by atoms with Gasteiger partial charge in [-0.3, -0.25) is 14.2 Å². The van der Waals surface area contributed by atoms with Crippen LogP contribution >= 0.6 is 11.8 Å². The second kappa shape index (κ2) is 11.6. The van der Waals surface area contributed by atoms with E-state index >= 15 is 0 Å². The third-order valence-corrected chi connectivity index (χ3v) is 7.37. The van der Waals surface area contributed by atoms with Crippen LogP contribution in [0.4, 0.5) is 5.69 Å². The smallest absolute Gasteiger partial charge is 0.266 e. The summed E-state index contributed by atoms with van der Waals surface area (Å²) in [6, 6.07) is 31.9. The molecule has 0 aliphatic rings. The van der Waals surface area contributed by atoms with Crippen molar-refractivity contribution < 1.29 is 9.53 Å². The quantitative estimate of drug-likeness (QED) is 0.165. The number of hydrogen-bond acceptors (Lipinski definition) is 5. The van der Waals surface area contributed by atoms with Crippen molar-refractivity contribution in [2.24, 2.45) is 0 Å². The molecular formula is C32H29N3O3S. The molecule has 0 aliphatic heterocycles. The molecule has 1 unspecified atom stereocenters. The molecule has 0 spiro atoms. The van der Waals surface area contributed by atoms with Gasteiger partial charge < -0.3 is 10.1 Å². The van der Waals surface area contributed by atoms with Crippen molar-refractivity contribution in [3.8, 4) is 17.2 Å². The SMILES string of the molecule is CC(Sc1nc2ccccc2c(=O)n1-c1ccc(C(C)C)cc1)C(=O)Nc1ccc(Oc2ccccc2)cc1. The Morgan fingerprint density at radius 2 is 1.46 bits per heavy atom. The topological polar surface area (TPSA) is 73.2 Å². The van der Waals surface area contributed by atoms with E-state index < -0.39 is 5.25 Å². The van der Waals surface area contributed by atoms with Crippen LogP contribution in [0.25, 0.3) is 16.6 Å². The number of amides is 1. The number of thioether (sulfide) groups is 1. The predicted molar refractivity (Wildman–Crippen MR) is 158 cm³/mol. The van der Waals surface area contributed by atoms with Gasteiger partial charge >= 0.3 is 0 Å². The first-order valence-electron chi connectivity index (χ1n) is 12.8. The van der Waals surface area contributed by atoms with Crippen LogP contribution < -0.4 is 15.6 Å². The molecule has 1 atom stereocenters. The van der Waals surface area contributed by atoms with E-state index in [1.807, 2.05) is 84.9 Å². The third-order valence-electron chi connectivity index (χ3n) is 6.32. The van der Waals surface area contributed by atoms with Crippen LogP contribution in [0.2, 0.25) is 0 Å². The summed E-state index contributed by atoms with van der Waals surface area (Å²) in [5, 5.41) is 3.43. The summed E-state index contributed by atoms with van der Waals surface area (Å²) in [6.45, 7) is 6.06. The number of para-hydroxylation sites is 2. The Labute approximate surface area is 231 Å². The zero-order valence-corrected chi connectivity index (χ0v) is 22.8. The summed E-state index contributed by atoms with van der Waals surface area (Å²) in [7, 11) is 0. The van der Waals surface area contributed by atoms with Gasteiger partial charge in [0.2, 0.25) is 5.91 Å². The van der Waals surface area contributed by atoms with Crippen LogP contribution in [0.5, 0.6) is 11.5 Å². The molecule has 7 heteroatoms. The maximum atomic E-state index is 13.6. The van der Waals surface area contributed by atoms with E-state index in [2.05, 4.69) is 19.2 Å². The number of nitrogens with zero attached hydrogens (tertiary/aromatic N) is 2.